The minimum Gasteiger partial charge on any atom is -0.452 e. The smallest absolute Gasteiger partial charge is 0.331 e. The molecule has 18 heavy (non-hydrogen) atoms. The molecule has 1 aliphatic heterocycles. The third kappa shape index (κ3) is 4.83. The lowest BCUT2D eigenvalue weighted by molar-refractivity contribution is -0.145. The fourth-order valence-electron chi connectivity index (χ4n) is 2.51. The first-order valence-electron chi connectivity index (χ1n) is 7.50. The Hall–Kier alpha value is -0.790. The van der Waals surface area contributed by atoms with Crippen LogP contribution in [-0.4, -0.2) is 11.6 Å². The largest absolute Gasteiger partial charge is 0.452 e. The lowest BCUT2D eigenvalue weighted by Gasteiger charge is -2.25. The first-order valence-corrected chi connectivity index (χ1v) is 7.50. The lowest BCUT2D eigenvalue weighted by atomic mass is 9.91. The minimum atomic E-state index is -0.320. The second-order valence-electron chi connectivity index (χ2n) is 5.70. The number of unbranched alkanes of at least 4 members (excludes halogenated alkanes) is 7. The van der Waals surface area contributed by atoms with Gasteiger partial charge in [-0.05, 0) is 32.3 Å². The Bertz CT molecular complexity index is 293. The molecule has 0 aromatic heterocycles. The molecular weight excluding hydrogens is 224 g/mol. The quantitative estimate of drug-likeness (QED) is 0.436. The van der Waals surface area contributed by atoms with Crippen LogP contribution in [0.4, 0.5) is 0 Å². The Labute approximate surface area is 112 Å². The molecule has 0 aromatic rings. The zero-order chi connectivity index (χ0) is 13.4. The van der Waals surface area contributed by atoms with Gasteiger partial charge in [0.05, 0.1) is 0 Å². The summed E-state index contributed by atoms with van der Waals surface area (Å²) in [5.41, 5.74) is 0.759. The minimum absolute atomic E-state index is 0.172. The Morgan fingerprint density at radius 2 is 1.61 bits per heavy atom. The van der Waals surface area contributed by atoms with Gasteiger partial charge in [-0.2, -0.15) is 0 Å². The summed E-state index contributed by atoms with van der Waals surface area (Å²) >= 11 is 0. The molecule has 0 aromatic carbocycles. The monoisotopic (exact) mass is 252 g/mol. The highest BCUT2D eigenvalue weighted by atomic mass is 16.6. The molecule has 0 saturated carbocycles. The highest BCUT2D eigenvalue weighted by Crippen LogP contribution is 2.32. The van der Waals surface area contributed by atoms with E-state index >= 15 is 0 Å². The van der Waals surface area contributed by atoms with Crippen LogP contribution in [0.3, 0.4) is 0 Å². The number of cyclic esters (lactones) is 1. The third-order valence-electron chi connectivity index (χ3n) is 4.00. The molecule has 0 aliphatic carbocycles. The van der Waals surface area contributed by atoms with E-state index in [1.54, 1.807) is 6.08 Å². The first kappa shape index (κ1) is 15.3. The molecule has 0 amide bonds. The zero-order valence-corrected chi connectivity index (χ0v) is 12.3. The Morgan fingerprint density at radius 1 is 1.06 bits per heavy atom. The van der Waals surface area contributed by atoms with Crippen molar-refractivity contribution in [2.45, 2.75) is 84.2 Å². The number of hydrogen-bond acceptors (Lipinski definition) is 2. The van der Waals surface area contributed by atoms with Crippen LogP contribution in [0.2, 0.25) is 0 Å². The van der Waals surface area contributed by atoms with Gasteiger partial charge in [0.2, 0.25) is 0 Å². The first-order chi connectivity index (χ1) is 8.58. The van der Waals surface area contributed by atoms with Crippen molar-refractivity contribution >= 4 is 5.97 Å². The van der Waals surface area contributed by atoms with Crippen LogP contribution in [-0.2, 0) is 9.53 Å². The number of rotatable bonds is 9. The van der Waals surface area contributed by atoms with E-state index in [0.29, 0.717) is 0 Å². The average Bonchev–Trinajstić information content (AvgIpc) is 2.57. The molecular formula is C16H28O2. The van der Waals surface area contributed by atoms with E-state index in [9.17, 15) is 4.79 Å². The molecule has 0 saturated heterocycles. The van der Waals surface area contributed by atoms with Gasteiger partial charge in [0, 0.05) is 6.08 Å². The molecule has 0 spiro atoms. The van der Waals surface area contributed by atoms with Crippen molar-refractivity contribution in [2.24, 2.45) is 0 Å². The Kier molecular flexibility index (Phi) is 6.45. The average molecular weight is 252 g/mol. The lowest BCUT2D eigenvalue weighted by Crippen LogP contribution is -2.26. The summed E-state index contributed by atoms with van der Waals surface area (Å²) in [6.07, 6.45) is 13.1. The van der Waals surface area contributed by atoms with Crippen molar-refractivity contribution < 1.29 is 9.53 Å². The van der Waals surface area contributed by atoms with Crippen LogP contribution in [0.25, 0.3) is 0 Å². The molecule has 0 radical (unpaired) electrons. The van der Waals surface area contributed by atoms with Crippen molar-refractivity contribution in [1.82, 2.24) is 0 Å². The van der Waals surface area contributed by atoms with Crippen molar-refractivity contribution in [1.29, 1.82) is 0 Å². The van der Waals surface area contributed by atoms with Gasteiger partial charge in [-0.15, -0.1) is 0 Å². The second-order valence-corrected chi connectivity index (χ2v) is 5.70. The van der Waals surface area contributed by atoms with E-state index in [4.69, 9.17) is 4.74 Å². The summed E-state index contributed by atoms with van der Waals surface area (Å²) in [5, 5.41) is 0. The maximum Gasteiger partial charge on any atom is 0.331 e. The van der Waals surface area contributed by atoms with E-state index in [2.05, 4.69) is 6.92 Å². The second kappa shape index (κ2) is 7.60. The fraction of sp³-hybridized carbons (Fsp3) is 0.812. The standard InChI is InChI=1S/C16H28O2/c1-4-5-6-7-8-9-10-11-12-16(3)14(2)13-15(17)18-16/h13H,4-12H2,1-3H3. The normalized spacial score (nSPS) is 23.1. The van der Waals surface area contributed by atoms with Gasteiger partial charge in [0.1, 0.15) is 5.60 Å². The van der Waals surface area contributed by atoms with E-state index in [-0.39, 0.29) is 11.6 Å². The number of carbonyl (C=O) groups excluding carboxylic acids is 1. The Balaban J connectivity index is 2.05. The fourth-order valence-corrected chi connectivity index (χ4v) is 2.51. The number of carbonyl (C=O) groups is 1. The van der Waals surface area contributed by atoms with Gasteiger partial charge < -0.3 is 4.74 Å². The zero-order valence-electron chi connectivity index (χ0n) is 12.3. The molecule has 1 atom stereocenters. The van der Waals surface area contributed by atoms with Crippen LogP contribution in [0.1, 0.15) is 78.6 Å². The van der Waals surface area contributed by atoms with E-state index in [1.165, 1.54) is 44.9 Å². The molecule has 1 heterocycles. The van der Waals surface area contributed by atoms with Gasteiger partial charge in [-0.25, -0.2) is 4.79 Å². The van der Waals surface area contributed by atoms with Crippen molar-refractivity contribution in [3.8, 4) is 0 Å². The van der Waals surface area contributed by atoms with Crippen LogP contribution in [0.15, 0.2) is 11.6 Å². The van der Waals surface area contributed by atoms with Crippen molar-refractivity contribution in [3.05, 3.63) is 11.6 Å². The summed E-state index contributed by atoms with van der Waals surface area (Å²) in [6, 6.07) is 0. The Morgan fingerprint density at radius 3 is 2.11 bits per heavy atom. The van der Waals surface area contributed by atoms with Crippen molar-refractivity contribution in [2.75, 3.05) is 0 Å². The molecule has 2 heteroatoms. The molecule has 1 unspecified atom stereocenters. The number of esters is 1. The molecule has 0 N–H and O–H groups in total. The molecule has 0 fully saturated rings. The molecule has 0 bridgehead atoms. The summed E-state index contributed by atoms with van der Waals surface area (Å²) in [6.45, 7) is 6.28. The van der Waals surface area contributed by atoms with Gasteiger partial charge in [-0.1, -0.05) is 51.9 Å². The topological polar surface area (TPSA) is 26.3 Å². The van der Waals surface area contributed by atoms with E-state index in [0.717, 1.165) is 18.4 Å². The number of ether oxygens (including phenoxy) is 1. The van der Waals surface area contributed by atoms with Crippen LogP contribution in [0.5, 0.6) is 0 Å². The van der Waals surface area contributed by atoms with Crippen LogP contribution in [0, 0.1) is 0 Å². The van der Waals surface area contributed by atoms with Gasteiger partial charge in [0.25, 0.3) is 0 Å². The van der Waals surface area contributed by atoms with Crippen LogP contribution >= 0.6 is 0 Å². The summed E-state index contributed by atoms with van der Waals surface area (Å²) < 4.78 is 5.39. The van der Waals surface area contributed by atoms with Gasteiger partial charge in [0.15, 0.2) is 0 Å². The summed E-state index contributed by atoms with van der Waals surface area (Å²) in [4.78, 5) is 11.2. The van der Waals surface area contributed by atoms with Gasteiger partial charge >= 0.3 is 5.97 Å². The van der Waals surface area contributed by atoms with E-state index < -0.39 is 0 Å². The number of hydrogen-bond donors (Lipinski definition) is 0. The molecule has 104 valence electrons. The maximum atomic E-state index is 11.2. The van der Waals surface area contributed by atoms with Crippen molar-refractivity contribution in [3.63, 3.8) is 0 Å². The third-order valence-corrected chi connectivity index (χ3v) is 4.00. The summed E-state index contributed by atoms with van der Waals surface area (Å²) in [7, 11) is 0. The molecule has 2 nitrogen and oxygen atoms in total. The highest BCUT2D eigenvalue weighted by Gasteiger charge is 2.35. The predicted molar refractivity (Wildman–Crippen MR) is 75.5 cm³/mol. The molecule has 1 rings (SSSR count). The van der Waals surface area contributed by atoms with Crippen LogP contribution < -0.4 is 0 Å². The SMILES string of the molecule is CCCCCCCCCCC1(C)OC(=O)C=C1C. The van der Waals surface area contributed by atoms with Gasteiger partial charge in [-0.3, -0.25) is 0 Å². The highest BCUT2D eigenvalue weighted by molar-refractivity contribution is 5.86. The van der Waals surface area contributed by atoms with E-state index in [1.807, 2.05) is 13.8 Å². The molecule has 1 aliphatic rings. The predicted octanol–water partition coefficient (Wildman–Crippen LogP) is 4.78. The maximum absolute atomic E-state index is 11.2. The summed E-state index contributed by atoms with van der Waals surface area (Å²) in [5.74, 6) is -0.172.